The number of rotatable bonds is 6. The van der Waals surface area contributed by atoms with Crippen molar-refractivity contribution in [1.29, 1.82) is 0 Å². The summed E-state index contributed by atoms with van der Waals surface area (Å²) in [7, 11) is 0. The maximum atomic E-state index is 12.4. The molecule has 0 atom stereocenters. The molecule has 164 valence electrons. The third kappa shape index (κ3) is 8.36. The van der Waals surface area contributed by atoms with E-state index in [0.29, 0.717) is 5.69 Å². The molecular formula is C19H18F6N2O2S. The summed E-state index contributed by atoms with van der Waals surface area (Å²) in [5.74, 6) is -0.660. The van der Waals surface area contributed by atoms with Gasteiger partial charge in [-0.1, -0.05) is 17.7 Å². The Balaban J connectivity index is 2.17. The smallest absolute Gasteiger partial charge is 0.422 e. The second-order valence-electron chi connectivity index (χ2n) is 6.40. The van der Waals surface area contributed by atoms with Crippen molar-refractivity contribution in [3.05, 3.63) is 47.5 Å². The fourth-order valence-corrected chi connectivity index (χ4v) is 2.61. The van der Waals surface area contributed by atoms with Crippen molar-refractivity contribution < 1.29 is 35.8 Å². The first-order valence-corrected chi connectivity index (χ1v) is 8.91. The van der Waals surface area contributed by atoms with Gasteiger partial charge in [0.1, 0.15) is 11.5 Å². The number of alkyl halides is 6. The van der Waals surface area contributed by atoms with Crippen molar-refractivity contribution in [2.24, 2.45) is 0 Å². The average Bonchev–Trinajstić information content (AvgIpc) is 2.59. The topological polar surface area (TPSA) is 42.5 Å². The molecule has 0 aliphatic rings. The van der Waals surface area contributed by atoms with E-state index in [2.05, 4.69) is 20.1 Å². The van der Waals surface area contributed by atoms with Crippen molar-refractivity contribution >= 4 is 28.7 Å². The van der Waals surface area contributed by atoms with Crippen LogP contribution in [-0.2, 0) is 0 Å². The van der Waals surface area contributed by atoms with Gasteiger partial charge in [-0.25, -0.2) is 0 Å². The summed E-state index contributed by atoms with van der Waals surface area (Å²) in [5, 5.41) is 5.70. The summed E-state index contributed by atoms with van der Waals surface area (Å²) in [6.45, 7) is 0.551. The van der Waals surface area contributed by atoms with Gasteiger partial charge in [0.05, 0.1) is 0 Å². The van der Waals surface area contributed by atoms with Crippen LogP contribution in [-0.4, -0.2) is 30.7 Å². The molecule has 2 N–H and O–H groups in total. The number of anilines is 2. The van der Waals surface area contributed by atoms with Crippen LogP contribution >= 0.6 is 12.2 Å². The molecule has 0 saturated carbocycles. The van der Waals surface area contributed by atoms with E-state index in [1.54, 1.807) is 6.07 Å². The summed E-state index contributed by atoms with van der Waals surface area (Å²) < 4.78 is 83.7. The largest absolute Gasteiger partial charge is 0.484 e. The number of ether oxygens (including phenoxy) is 2. The minimum absolute atomic E-state index is 0.0803. The van der Waals surface area contributed by atoms with Crippen LogP contribution in [0.25, 0.3) is 0 Å². The Hall–Kier alpha value is -2.69. The van der Waals surface area contributed by atoms with Crippen LogP contribution in [0.3, 0.4) is 0 Å². The molecule has 11 heteroatoms. The molecule has 0 radical (unpaired) electrons. The molecule has 0 bridgehead atoms. The number of thiocarbonyl (C=S) groups is 1. The molecule has 0 saturated heterocycles. The van der Waals surface area contributed by atoms with Crippen molar-refractivity contribution in [3.63, 3.8) is 0 Å². The zero-order valence-electron chi connectivity index (χ0n) is 15.9. The van der Waals surface area contributed by atoms with Gasteiger partial charge >= 0.3 is 12.4 Å². The van der Waals surface area contributed by atoms with Gasteiger partial charge in [-0.05, 0) is 37.7 Å². The van der Waals surface area contributed by atoms with E-state index < -0.39 is 25.6 Å². The first kappa shape index (κ1) is 23.6. The van der Waals surface area contributed by atoms with E-state index in [-0.39, 0.29) is 22.3 Å². The predicted octanol–water partition coefficient (Wildman–Crippen LogP) is 5.99. The number of benzene rings is 2. The normalized spacial score (nSPS) is 11.7. The van der Waals surface area contributed by atoms with E-state index in [4.69, 9.17) is 12.2 Å². The first-order chi connectivity index (χ1) is 13.8. The van der Waals surface area contributed by atoms with Crippen LogP contribution in [0.1, 0.15) is 11.1 Å². The van der Waals surface area contributed by atoms with E-state index in [1.165, 1.54) is 12.1 Å². The Morgan fingerprint density at radius 2 is 1.37 bits per heavy atom. The molecule has 2 aromatic rings. The number of hydrogen-bond acceptors (Lipinski definition) is 3. The Morgan fingerprint density at radius 1 is 0.833 bits per heavy atom. The molecule has 2 rings (SSSR count). The Bertz CT molecular complexity index is 863. The Labute approximate surface area is 174 Å². The average molecular weight is 452 g/mol. The highest BCUT2D eigenvalue weighted by molar-refractivity contribution is 7.80. The van der Waals surface area contributed by atoms with Crippen LogP contribution in [0.4, 0.5) is 37.7 Å². The van der Waals surface area contributed by atoms with Gasteiger partial charge < -0.3 is 20.1 Å². The maximum absolute atomic E-state index is 12.4. The van der Waals surface area contributed by atoms with Gasteiger partial charge in [0.2, 0.25) is 0 Å². The predicted molar refractivity (Wildman–Crippen MR) is 105 cm³/mol. The van der Waals surface area contributed by atoms with Crippen LogP contribution in [0, 0.1) is 13.8 Å². The molecule has 0 unspecified atom stereocenters. The lowest BCUT2D eigenvalue weighted by atomic mass is 10.1. The third-order valence-corrected chi connectivity index (χ3v) is 3.78. The summed E-state index contributed by atoms with van der Waals surface area (Å²) in [5.41, 5.74) is 2.72. The fourth-order valence-electron chi connectivity index (χ4n) is 2.38. The highest BCUT2D eigenvalue weighted by Crippen LogP contribution is 2.29. The van der Waals surface area contributed by atoms with Crippen LogP contribution in [0.2, 0.25) is 0 Å². The summed E-state index contributed by atoms with van der Waals surface area (Å²) in [6, 6.07) is 8.83. The van der Waals surface area contributed by atoms with Crippen molar-refractivity contribution in [2.75, 3.05) is 23.8 Å². The number of halogens is 6. The quantitative estimate of drug-likeness (QED) is 0.416. The molecule has 0 spiro atoms. The summed E-state index contributed by atoms with van der Waals surface area (Å²) in [6.07, 6.45) is -9.23. The zero-order chi connectivity index (χ0) is 22.5. The van der Waals surface area contributed by atoms with Crippen LogP contribution < -0.4 is 20.1 Å². The lowest BCUT2D eigenvalue weighted by Gasteiger charge is -2.16. The van der Waals surface area contributed by atoms with Gasteiger partial charge in [0, 0.05) is 29.6 Å². The first-order valence-electron chi connectivity index (χ1n) is 8.50. The molecule has 2 aromatic carbocycles. The second kappa shape index (κ2) is 9.41. The van der Waals surface area contributed by atoms with E-state index in [1.807, 2.05) is 26.0 Å². The molecule has 0 fully saturated rings. The highest BCUT2D eigenvalue weighted by atomic mass is 32.1. The molecule has 4 nitrogen and oxygen atoms in total. The van der Waals surface area contributed by atoms with Crippen LogP contribution in [0.5, 0.6) is 11.5 Å². The minimum atomic E-state index is -4.61. The molecule has 0 amide bonds. The van der Waals surface area contributed by atoms with Crippen molar-refractivity contribution in [3.8, 4) is 11.5 Å². The van der Waals surface area contributed by atoms with Gasteiger partial charge in [-0.2, -0.15) is 26.3 Å². The molecule has 0 aliphatic carbocycles. The van der Waals surface area contributed by atoms with Crippen molar-refractivity contribution in [2.45, 2.75) is 26.2 Å². The molecule has 0 heterocycles. The highest BCUT2D eigenvalue weighted by Gasteiger charge is 2.30. The van der Waals surface area contributed by atoms with E-state index >= 15 is 0 Å². The number of nitrogens with one attached hydrogen (secondary N) is 2. The standard InChI is InChI=1S/C19H18F6N2O2S/c1-11-3-4-16(12(2)5-11)27-17(30)26-13-6-14(28-9-18(20,21)22)8-15(7-13)29-10-19(23,24)25/h3-8H,9-10H2,1-2H3,(H2,26,27,30). The monoisotopic (exact) mass is 452 g/mol. The molecule has 0 aromatic heterocycles. The van der Waals surface area contributed by atoms with E-state index in [9.17, 15) is 26.3 Å². The second-order valence-corrected chi connectivity index (χ2v) is 6.81. The minimum Gasteiger partial charge on any atom is -0.484 e. The molecule has 0 aliphatic heterocycles. The summed E-state index contributed by atoms with van der Waals surface area (Å²) in [4.78, 5) is 0. The number of aryl methyl sites for hydroxylation is 2. The number of hydrogen-bond donors (Lipinski definition) is 2. The SMILES string of the molecule is Cc1ccc(NC(=S)Nc2cc(OCC(F)(F)F)cc(OCC(F)(F)F)c2)c(C)c1. The maximum Gasteiger partial charge on any atom is 0.422 e. The van der Waals surface area contributed by atoms with Crippen molar-refractivity contribution in [1.82, 2.24) is 0 Å². The van der Waals surface area contributed by atoms with E-state index in [0.717, 1.165) is 17.2 Å². The summed E-state index contributed by atoms with van der Waals surface area (Å²) >= 11 is 5.18. The lowest BCUT2D eigenvalue weighted by Crippen LogP contribution is -2.21. The molecule has 30 heavy (non-hydrogen) atoms. The van der Waals surface area contributed by atoms with Gasteiger partial charge in [-0.3, -0.25) is 0 Å². The zero-order valence-corrected chi connectivity index (χ0v) is 16.7. The third-order valence-electron chi connectivity index (χ3n) is 3.57. The lowest BCUT2D eigenvalue weighted by molar-refractivity contribution is -0.153. The Kier molecular flexibility index (Phi) is 7.40. The van der Waals surface area contributed by atoms with Crippen LogP contribution in [0.15, 0.2) is 36.4 Å². The fraction of sp³-hybridized carbons (Fsp3) is 0.316. The van der Waals surface area contributed by atoms with Gasteiger partial charge in [0.15, 0.2) is 18.3 Å². The van der Waals surface area contributed by atoms with Gasteiger partial charge in [-0.15, -0.1) is 0 Å². The van der Waals surface area contributed by atoms with Gasteiger partial charge in [0.25, 0.3) is 0 Å². The Morgan fingerprint density at radius 3 is 1.83 bits per heavy atom. The molecular weight excluding hydrogens is 434 g/mol.